The van der Waals surface area contributed by atoms with E-state index in [1.165, 1.54) is 11.3 Å². The van der Waals surface area contributed by atoms with E-state index in [0.717, 1.165) is 42.5 Å². The van der Waals surface area contributed by atoms with Crippen molar-refractivity contribution < 1.29 is 8.42 Å². The van der Waals surface area contributed by atoms with Crippen LogP contribution in [0.15, 0.2) is 41.3 Å². The Bertz CT molecular complexity index is 1170. The summed E-state index contributed by atoms with van der Waals surface area (Å²) in [6.45, 7) is 4.11. The number of hydrogen-bond donors (Lipinski definition) is 3. The molecule has 4 N–H and O–H groups in total. The van der Waals surface area contributed by atoms with E-state index >= 15 is 0 Å². The van der Waals surface area contributed by atoms with Crippen LogP contribution in [0.25, 0.3) is 11.0 Å². The SMILES string of the molecule is Nc1nc2cc3c(cc2[nH]1)CCCN3Cc1ccc(S(=O)(=O)N2CCNCC2)cc1. The molecule has 0 aliphatic carbocycles. The smallest absolute Gasteiger partial charge is 0.243 e. The van der Waals surface area contributed by atoms with Crippen LogP contribution in [0.5, 0.6) is 0 Å². The number of H-pyrrole nitrogens is 1. The summed E-state index contributed by atoms with van der Waals surface area (Å²) in [6.07, 6.45) is 2.11. The van der Waals surface area contributed by atoms with Gasteiger partial charge in [-0.15, -0.1) is 0 Å². The highest BCUT2D eigenvalue weighted by Crippen LogP contribution is 2.32. The normalized spacial score (nSPS) is 17.9. The van der Waals surface area contributed by atoms with Crippen LogP contribution in [0.1, 0.15) is 17.5 Å². The van der Waals surface area contributed by atoms with Gasteiger partial charge in [0.25, 0.3) is 0 Å². The number of nitrogens with zero attached hydrogens (tertiary/aromatic N) is 3. The molecule has 2 aromatic carbocycles. The number of piperazine rings is 1. The zero-order chi connectivity index (χ0) is 20.7. The van der Waals surface area contributed by atoms with Crippen molar-refractivity contribution in [3.63, 3.8) is 0 Å². The molecule has 1 aromatic heterocycles. The molecule has 8 nitrogen and oxygen atoms in total. The summed E-state index contributed by atoms with van der Waals surface area (Å²) in [5.41, 5.74) is 11.2. The molecule has 9 heteroatoms. The molecule has 3 heterocycles. The molecule has 3 aromatic rings. The van der Waals surface area contributed by atoms with Crippen LogP contribution in [-0.4, -0.2) is 55.4 Å². The summed E-state index contributed by atoms with van der Waals surface area (Å²) in [5, 5.41) is 3.19. The number of aromatic amines is 1. The lowest BCUT2D eigenvalue weighted by molar-refractivity contribution is 0.360. The molecule has 5 rings (SSSR count). The van der Waals surface area contributed by atoms with Crippen molar-refractivity contribution in [3.05, 3.63) is 47.5 Å². The first kappa shape index (κ1) is 19.3. The van der Waals surface area contributed by atoms with Gasteiger partial charge in [-0.25, -0.2) is 13.4 Å². The van der Waals surface area contributed by atoms with Gasteiger partial charge in [0.1, 0.15) is 0 Å². The van der Waals surface area contributed by atoms with Crippen molar-refractivity contribution in [1.82, 2.24) is 19.6 Å². The Balaban J connectivity index is 1.37. The molecule has 2 aliphatic rings. The third-order valence-electron chi connectivity index (χ3n) is 5.93. The van der Waals surface area contributed by atoms with E-state index in [0.29, 0.717) is 37.0 Å². The quantitative estimate of drug-likeness (QED) is 0.586. The molecular weight excluding hydrogens is 400 g/mol. The third kappa shape index (κ3) is 3.53. The molecule has 1 saturated heterocycles. The maximum absolute atomic E-state index is 12.8. The molecule has 0 bridgehead atoms. The van der Waals surface area contributed by atoms with Crippen molar-refractivity contribution in [2.24, 2.45) is 0 Å². The van der Waals surface area contributed by atoms with Crippen molar-refractivity contribution >= 4 is 32.7 Å². The summed E-state index contributed by atoms with van der Waals surface area (Å²) >= 11 is 0. The molecule has 2 aliphatic heterocycles. The fraction of sp³-hybridized carbons (Fsp3) is 0.381. The molecular formula is C21H26N6O2S. The Kier molecular flexibility index (Phi) is 4.88. The Hall–Kier alpha value is -2.62. The average molecular weight is 427 g/mol. The number of rotatable bonds is 4. The second-order valence-electron chi connectivity index (χ2n) is 7.94. The van der Waals surface area contributed by atoms with Gasteiger partial charge in [-0.2, -0.15) is 4.31 Å². The zero-order valence-corrected chi connectivity index (χ0v) is 17.6. The molecule has 0 spiro atoms. The number of benzene rings is 2. The summed E-state index contributed by atoms with van der Waals surface area (Å²) in [6, 6.07) is 11.6. The number of aryl methyl sites for hydroxylation is 1. The first-order chi connectivity index (χ1) is 14.5. The van der Waals surface area contributed by atoms with Crippen LogP contribution in [0.3, 0.4) is 0 Å². The second kappa shape index (κ2) is 7.57. The van der Waals surface area contributed by atoms with E-state index < -0.39 is 10.0 Å². The number of nitrogen functional groups attached to an aromatic ring is 1. The summed E-state index contributed by atoms with van der Waals surface area (Å²) in [5.74, 6) is 0.431. The van der Waals surface area contributed by atoms with E-state index in [1.807, 2.05) is 12.1 Å². The predicted molar refractivity (Wildman–Crippen MR) is 118 cm³/mol. The van der Waals surface area contributed by atoms with Gasteiger partial charge < -0.3 is 20.9 Å². The van der Waals surface area contributed by atoms with Gasteiger partial charge in [-0.05, 0) is 48.2 Å². The van der Waals surface area contributed by atoms with Crippen LogP contribution in [0.4, 0.5) is 11.6 Å². The topological polar surface area (TPSA) is 107 Å². The number of fused-ring (bicyclic) bond motifs is 2. The van der Waals surface area contributed by atoms with Gasteiger partial charge >= 0.3 is 0 Å². The highest BCUT2D eigenvalue weighted by Gasteiger charge is 2.26. The Morgan fingerprint density at radius 2 is 1.83 bits per heavy atom. The van der Waals surface area contributed by atoms with Gasteiger partial charge in [-0.1, -0.05) is 12.1 Å². The number of nitrogens with two attached hydrogens (primary N) is 1. The number of sulfonamides is 1. The monoisotopic (exact) mass is 426 g/mol. The summed E-state index contributed by atoms with van der Waals surface area (Å²) in [7, 11) is -3.43. The van der Waals surface area contributed by atoms with E-state index in [-0.39, 0.29) is 0 Å². The molecule has 1 fully saturated rings. The molecule has 0 unspecified atom stereocenters. The Labute approximate surface area is 176 Å². The number of aromatic nitrogens is 2. The van der Waals surface area contributed by atoms with Gasteiger partial charge in [0, 0.05) is 45.0 Å². The lowest BCUT2D eigenvalue weighted by Gasteiger charge is -2.31. The Morgan fingerprint density at radius 1 is 1.07 bits per heavy atom. The fourth-order valence-electron chi connectivity index (χ4n) is 4.37. The van der Waals surface area contributed by atoms with E-state index in [1.54, 1.807) is 16.4 Å². The standard InChI is InChI=1S/C21H26N6O2S/c22-21-24-18-12-16-2-1-9-26(20(16)13-19(18)25-21)14-15-3-5-17(6-4-15)30(28,29)27-10-7-23-8-11-27/h3-6,12-13,23H,1-2,7-11,14H2,(H3,22,24,25). The largest absolute Gasteiger partial charge is 0.369 e. The Morgan fingerprint density at radius 3 is 2.60 bits per heavy atom. The predicted octanol–water partition coefficient (Wildman–Crippen LogP) is 1.69. The van der Waals surface area contributed by atoms with Crippen molar-refractivity contribution in [3.8, 4) is 0 Å². The first-order valence-corrected chi connectivity index (χ1v) is 11.8. The summed E-state index contributed by atoms with van der Waals surface area (Å²) < 4.78 is 27.2. The maximum atomic E-state index is 12.8. The average Bonchev–Trinajstić information content (AvgIpc) is 3.12. The fourth-order valence-corrected chi connectivity index (χ4v) is 5.81. The molecule has 0 saturated carbocycles. The second-order valence-corrected chi connectivity index (χ2v) is 9.88. The molecule has 30 heavy (non-hydrogen) atoms. The number of anilines is 2. The summed E-state index contributed by atoms with van der Waals surface area (Å²) in [4.78, 5) is 10.2. The van der Waals surface area contributed by atoms with Gasteiger partial charge in [0.15, 0.2) is 5.95 Å². The van der Waals surface area contributed by atoms with Gasteiger partial charge in [0.05, 0.1) is 15.9 Å². The minimum atomic E-state index is -3.43. The molecule has 0 amide bonds. The maximum Gasteiger partial charge on any atom is 0.243 e. The lowest BCUT2D eigenvalue weighted by atomic mass is 10.00. The van der Waals surface area contributed by atoms with Crippen molar-refractivity contribution in [1.29, 1.82) is 0 Å². The minimum absolute atomic E-state index is 0.362. The van der Waals surface area contributed by atoms with Crippen LogP contribution in [0, 0.1) is 0 Å². The van der Waals surface area contributed by atoms with Gasteiger partial charge in [0.2, 0.25) is 10.0 Å². The first-order valence-electron chi connectivity index (χ1n) is 10.3. The van der Waals surface area contributed by atoms with Crippen LogP contribution in [0.2, 0.25) is 0 Å². The third-order valence-corrected chi connectivity index (χ3v) is 7.84. The molecule has 0 atom stereocenters. The molecule has 0 radical (unpaired) electrons. The molecule has 158 valence electrons. The lowest BCUT2D eigenvalue weighted by Crippen LogP contribution is -2.46. The van der Waals surface area contributed by atoms with Gasteiger partial charge in [-0.3, -0.25) is 0 Å². The number of nitrogens with one attached hydrogen (secondary N) is 2. The van der Waals surface area contributed by atoms with E-state index in [9.17, 15) is 8.42 Å². The van der Waals surface area contributed by atoms with Crippen molar-refractivity contribution in [2.45, 2.75) is 24.3 Å². The highest BCUT2D eigenvalue weighted by molar-refractivity contribution is 7.89. The van der Waals surface area contributed by atoms with Crippen LogP contribution >= 0.6 is 0 Å². The van der Waals surface area contributed by atoms with Crippen LogP contribution in [-0.2, 0) is 23.0 Å². The highest BCUT2D eigenvalue weighted by atomic mass is 32.2. The minimum Gasteiger partial charge on any atom is -0.369 e. The zero-order valence-electron chi connectivity index (χ0n) is 16.8. The van der Waals surface area contributed by atoms with Crippen LogP contribution < -0.4 is 16.0 Å². The van der Waals surface area contributed by atoms with Crippen molar-refractivity contribution in [2.75, 3.05) is 43.4 Å². The van der Waals surface area contributed by atoms with E-state index in [2.05, 4.69) is 32.3 Å². The number of hydrogen-bond acceptors (Lipinski definition) is 6. The van der Waals surface area contributed by atoms with E-state index in [4.69, 9.17) is 5.73 Å². The number of imidazole rings is 1.